The number of nitrogens with zero attached hydrogens (tertiary/aromatic N) is 1. The van der Waals surface area contributed by atoms with Gasteiger partial charge in [0.1, 0.15) is 0 Å². The minimum Gasteiger partial charge on any atom is -0.271 e. The van der Waals surface area contributed by atoms with Gasteiger partial charge in [0.15, 0.2) is 0 Å². The summed E-state index contributed by atoms with van der Waals surface area (Å²) in [5.74, 6) is 5.59. The molecule has 0 aliphatic heterocycles. The Hall–Kier alpha value is -1.13. The maximum Gasteiger partial charge on any atom is 0.0516 e. The number of nitrogens with one attached hydrogen (secondary N) is 1. The summed E-state index contributed by atoms with van der Waals surface area (Å²) >= 11 is 12.0. The normalized spacial score (nSPS) is 12.4. The number of pyridine rings is 1. The van der Waals surface area contributed by atoms with Crippen molar-refractivity contribution in [1.82, 2.24) is 10.4 Å². The highest BCUT2D eigenvalue weighted by Crippen LogP contribution is 2.25. The molecule has 0 saturated carbocycles. The lowest BCUT2D eigenvalue weighted by Crippen LogP contribution is -2.29. The molecule has 2 aromatic rings. The first-order valence-corrected chi connectivity index (χ1v) is 6.26. The second-order valence-electron chi connectivity index (χ2n) is 3.95. The van der Waals surface area contributed by atoms with Crippen LogP contribution in [0.5, 0.6) is 0 Å². The van der Waals surface area contributed by atoms with Crippen LogP contribution in [0, 0.1) is 0 Å². The average Bonchev–Trinajstić information content (AvgIpc) is 2.39. The smallest absolute Gasteiger partial charge is 0.0516 e. The van der Waals surface area contributed by atoms with E-state index in [1.165, 1.54) is 0 Å². The first-order valence-electron chi connectivity index (χ1n) is 5.50. The molecule has 0 fully saturated rings. The molecule has 3 nitrogen and oxygen atoms in total. The maximum absolute atomic E-state index is 6.15. The van der Waals surface area contributed by atoms with E-state index in [0.29, 0.717) is 16.5 Å². The van der Waals surface area contributed by atoms with Gasteiger partial charge in [-0.2, -0.15) is 0 Å². The summed E-state index contributed by atoms with van der Waals surface area (Å²) in [6, 6.07) is 9.28. The van der Waals surface area contributed by atoms with Crippen LogP contribution in [0.15, 0.2) is 42.7 Å². The van der Waals surface area contributed by atoms with Crippen molar-refractivity contribution in [3.05, 3.63) is 63.9 Å². The van der Waals surface area contributed by atoms with Crippen LogP contribution < -0.4 is 11.3 Å². The van der Waals surface area contributed by atoms with Gasteiger partial charge in [0.25, 0.3) is 0 Å². The lowest BCUT2D eigenvalue weighted by molar-refractivity contribution is 0.550. The van der Waals surface area contributed by atoms with E-state index in [2.05, 4.69) is 10.4 Å². The Morgan fingerprint density at radius 2 is 2.11 bits per heavy atom. The highest BCUT2D eigenvalue weighted by atomic mass is 35.5. The number of hydrogen-bond donors (Lipinski definition) is 2. The largest absolute Gasteiger partial charge is 0.271 e. The molecule has 1 unspecified atom stereocenters. The second-order valence-corrected chi connectivity index (χ2v) is 4.79. The van der Waals surface area contributed by atoms with Gasteiger partial charge in [-0.3, -0.25) is 16.3 Å². The molecule has 1 aromatic carbocycles. The Labute approximate surface area is 116 Å². The van der Waals surface area contributed by atoms with Crippen LogP contribution in [0.3, 0.4) is 0 Å². The number of hydrogen-bond acceptors (Lipinski definition) is 3. The lowest BCUT2D eigenvalue weighted by atomic mass is 10.0. The van der Waals surface area contributed by atoms with Gasteiger partial charge in [0.2, 0.25) is 0 Å². The number of nitrogens with two attached hydrogens (primary N) is 1. The highest BCUT2D eigenvalue weighted by Gasteiger charge is 2.12. The number of hydrazine groups is 1. The molecule has 0 aliphatic rings. The van der Waals surface area contributed by atoms with Crippen LogP contribution in [-0.2, 0) is 6.42 Å². The Bertz CT molecular complexity index is 517. The minimum atomic E-state index is -0.0302. The molecule has 18 heavy (non-hydrogen) atoms. The van der Waals surface area contributed by atoms with Gasteiger partial charge < -0.3 is 0 Å². The van der Waals surface area contributed by atoms with E-state index >= 15 is 0 Å². The third kappa shape index (κ3) is 3.21. The van der Waals surface area contributed by atoms with Gasteiger partial charge in [-0.15, -0.1) is 0 Å². The molecule has 5 heteroatoms. The fraction of sp³-hybridized carbons (Fsp3) is 0.154. The Kier molecular flexibility index (Phi) is 4.55. The summed E-state index contributed by atoms with van der Waals surface area (Å²) in [4.78, 5) is 4.08. The molecule has 94 valence electrons. The van der Waals surface area contributed by atoms with E-state index in [1.54, 1.807) is 18.5 Å². The zero-order chi connectivity index (χ0) is 13.0. The molecule has 1 aromatic heterocycles. The summed E-state index contributed by atoms with van der Waals surface area (Å²) in [6.07, 6.45) is 4.19. The summed E-state index contributed by atoms with van der Waals surface area (Å²) < 4.78 is 0. The standard InChI is InChI=1S/C13H13Cl2N3/c14-11-4-3-9(12(15)7-11)6-13(18-16)10-2-1-5-17-8-10/h1-5,7-8,13,18H,6,16H2. The Balaban J connectivity index is 2.21. The van der Waals surface area contributed by atoms with Gasteiger partial charge in [-0.1, -0.05) is 35.3 Å². The van der Waals surface area contributed by atoms with E-state index in [4.69, 9.17) is 29.0 Å². The third-order valence-corrected chi connectivity index (χ3v) is 3.31. The van der Waals surface area contributed by atoms with Gasteiger partial charge in [0.05, 0.1) is 6.04 Å². The molecule has 2 rings (SSSR count). The molecule has 0 bridgehead atoms. The summed E-state index contributed by atoms with van der Waals surface area (Å²) in [5.41, 5.74) is 4.79. The molecule has 0 amide bonds. The predicted molar refractivity (Wildman–Crippen MR) is 74.5 cm³/mol. The van der Waals surface area contributed by atoms with Gasteiger partial charge in [-0.05, 0) is 35.7 Å². The van der Waals surface area contributed by atoms with Crippen molar-refractivity contribution in [3.63, 3.8) is 0 Å². The summed E-state index contributed by atoms with van der Waals surface area (Å²) in [7, 11) is 0. The van der Waals surface area contributed by atoms with Gasteiger partial charge >= 0.3 is 0 Å². The molecule has 1 heterocycles. The molecular formula is C13H13Cl2N3. The Morgan fingerprint density at radius 1 is 1.28 bits per heavy atom. The van der Waals surface area contributed by atoms with E-state index < -0.39 is 0 Å². The summed E-state index contributed by atoms with van der Waals surface area (Å²) in [5, 5.41) is 1.27. The quantitative estimate of drug-likeness (QED) is 0.669. The van der Waals surface area contributed by atoms with Crippen molar-refractivity contribution in [2.45, 2.75) is 12.5 Å². The van der Waals surface area contributed by atoms with Crippen molar-refractivity contribution in [3.8, 4) is 0 Å². The first kappa shape index (κ1) is 13.3. The van der Waals surface area contributed by atoms with E-state index in [9.17, 15) is 0 Å². The summed E-state index contributed by atoms with van der Waals surface area (Å²) in [6.45, 7) is 0. The molecule has 1 atom stereocenters. The van der Waals surface area contributed by atoms with E-state index in [0.717, 1.165) is 11.1 Å². The molecular weight excluding hydrogens is 269 g/mol. The topological polar surface area (TPSA) is 50.9 Å². The van der Waals surface area contributed by atoms with Crippen molar-refractivity contribution in [2.75, 3.05) is 0 Å². The zero-order valence-electron chi connectivity index (χ0n) is 9.61. The van der Waals surface area contributed by atoms with Crippen LogP contribution in [0.4, 0.5) is 0 Å². The highest BCUT2D eigenvalue weighted by molar-refractivity contribution is 6.35. The molecule has 0 radical (unpaired) electrons. The second kappa shape index (κ2) is 6.16. The number of aromatic nitrogens is 1. The first-order chi connectivity index (χ1) is 8.70. The van der Waals surface area contributed by atoms with Crippen molar-refractivity contribution in [2.24, 2.45) is 5.84 Å². The monoisotopic (exact) mass is 281 g/mol. The fourth-order valence-corrected chi connectivity index (χ4v) is 2.25. The number of halogens is 2. The SMILES string of the molecule is NNC(Cc1ccc(Cl)cc1Cl)c1cccnc1. The lowest BCUT2D eigenvalue weighted by Gasteiger charge is -2.16. The average molecular weight is 282 g/mol. The van der Waals surface area contributed by atoms with Crippen LogP contribution in [0.1, 0.15) is 17.2 Å². The van der Waals surface area contributed by atoms with Gasteiger partial charge in [-0.25, -0.2) is 0 Å². The zero-order valence-corrected chi connectivity index (χ0v) is 11.1. The van der Waals surface area contributed by atoms with E-state index in [-0.39, 0.29) is 6.04 Å². The van der Waals surface area contributed by atoms with Crippen LogP contribution in [-0.4, -0.2) is 4.98 Å². The molecule has 0 spiro atoms. The minimum absolute atomic E-state index is 0.0302. The fourth-order valence-electron chi connectivity index (χ4n) is 1.76. The molecule has 0 saturated heterocycles. The Morgan fingerprint density at radius 3 is 2.72 bits per heavy atom. The van der Waals surface area contributed by atoms with Gasteiger partial charge in [0, 0.05) is 22.4 Å². The maximum atomic E-state index is 6.15. The van der Waals surface area contributed by atoms with Crippen LogP contribution >= 0.6 is 23.2 Å². The van der Waals surface area contributed by atoms with Crippen molar-refractivity contribution >= 4 is 23.2 Å². The van der Waals surface area contributed by atoms with E-state index in [1.807, 2.05) is 24.3 Å². The molecule has 0 aliphatic carbocycles. The van der Waals surface area contributed by atoms with Crippen LogP contribution in [0.2, 0.25) is 10.0 Å². The van der Waals surface area contributed by atoms with Crippen molar-refractivity contribution in [1.29, 1.82) is 0 Å². The van der Waals surface area contributed by atoms with Crippen molar-refractivity contribution < 1.29 is 0 Å². The number of rotatable bonds is 4. The molecule has 3 N–H and O–H groups in total. The number of benzene rings is 1. The third-order valence-electron chi connectivity index (χ3n) is 2.73. The predicted octanol–water partition coefficient (Wildman–Crippen LogP) is 3.14. The van der Waals surface area contributed by atoms with Crippen LogP contribution in [0.25, 0.3) is 0 Å².